The highest BCUT2D eigenvalue weighted by Crippen LogP contribution is 2.25. The highest BCUT2D eigenvalue weighted by atomic mass is 16.5. The number of ether oxygens (including phenoxy) is 1. The number of benzene rings is 1. The van der Waals surface area contributed by atoms with E-state index in [1.807, 2.05) is 19.1 Å². The molecule has 0 saturated heterocycles. The third-order valence-electron chi connectivity index (χ3n) is 2.18. The number of nitrogens with zero attached hydrogens (tertiary/aromatic N) is 3. The van der Waals surface area contributed by atoms with Crippen LogP contribution >= 0.6 is 0 Å². The van der Waals surface area contributed by atoms with E-state index in [1.165, 1.54) is 0 Å². The van der Waals surface area contributed by atoms with Crippen LogP contribution in [0.2, 0.25) is 0 Å². The summed E-state index contributed by atoms with van der Waals surface area (Å²) in [5.41, 5.74) is 10.1. The number of hydrogen-bond acceptors (Lipinski definition) is 3. The molecule has 0 aliphatic rings. The molecular weight excluding hydrogens is 194 g/mol. The molecule has 0 amide bonds. The third-order valence-corrected chi connectivity index (χ3v) is 2.18. The van der Waals surface area contributed by atoms with E-state index in [1.54, 1.807) is 13.2 Å². The lowest BCUT2D eigenvalue weighted by molar-refractivity contribution is 0.267. The molecule has 1 unspecified atom stereocenters. The van der Waals surface area contributed by atoms with Gasteiger partial charge in [0.15, 0.2) is 0 Å². The van der Waals surface area contributed by atoms with Crippen molar-refractivity contribution in [3.05, 3.63) is 39.8 Å². The minimum absolute atomic E-state index is 0.212. The van der Waals surface area contributed by atoms with Gasteiger partial charge in [-0.05, 0) is 29.6 Å². The number of azide groups is 1. The molecule has 1 N–H and O–H groups in total. The zero-order valence-corrected chi connectivity index (χ0v) is 8.71. The van der Waals surface area contributed by atoms with Crippen molar-refractivity contribution in [3.63, 3.8) is 0 Å². The van der Waals surface area contributed by atoms with Crippen LogP contribution in [-0.2, 0) is 0 Å². The molecule has 1 rings (SSSR count). The van der Waals surface area contributed by atoms with Crippen LogP contribution in [0.5, 0.6) is 5.75 Å². The summed E-state index contributed by atoms with van der Waals surface area (Å²) in [7, 11) is 1.58. The Morgan fingerprint density at radius 3 is 2.87 bits per heavy atom. The smallest absolute Gasteiger partial charge is 0.122 e. The summed E-state index contributed by atoms with van der Waals surface area (Å²) < 4.78 is 5.14. The maximum absolute atomic E-state index is 9.04. The Morgan fingerprint density at radius 2 is 2.33 bits per heavy atom. The number of aryl methyl sites for hydroxylation is 1. The number of methoxy groups -OCH3 is 1. The van der Waals surface area contributed by atoms with Crippen molar-refractivity contribution in [3.8, 4) is 5.75 Å². The first-order chi connectivity index (χ1) is 7.22. The predicted octanol–water partition coefficient (Wildman–Crippen LogP) is 2.35. The lowest BCUT2D eigenvalue weighted by atomic mass is 10.1. The monoisotopic (exact) mass is 207 g/mol. The van der Waals surface area contributed by atoms with E-state index in [0.29, 0.717) is 0 Å². The molecule has 0 saturated carbocycles. The number of aliphatic hydroxyl groups excluding tert-OH is 1. The Kier molecular flexibility index (Phi) is 3.97. The van der Waals surface area contributed by atoms with Crippen molar-refractivity contribution >= 4 is 0 Å². The van der Waals surface area contributed by atoms with Gasteiger partial charge in [0.05, 0.1) is 19.8 Å². The van der Waals surface area contributed by atoms with Crippen LogP contribution in [0.3, 0.4) is 0 Å². The van der Waals surface area contributed by atoms with Gasteiger partial charge in [-0.15, -0.1) is 0 Å². The summed E-state index contributed by atoms with van der Waals surface area (Å²) in [6, 6.07) is 4.90. The highest BCUT2D eigenvalue weighted by molar-refractivity contribution is 5.37. The Hall–Kier alpha value is -1.71. The molecule has 0 fully saturated rings. The van der Waals surface area contributed by atoms with Gasteiger partial charge in [0.1, 0.15) is 5.75 Å². The molecule has 1 aromatic rings. The quantitative estimate of drug-likeness (QED) is 0.467. The summed E-state index contributed by atoms with van der Waals surface area (Å²) in [5.74, 6) is 0.721. The standard InChI is InChI=1S/C10H13N3O2/c1-7-3-4-8(5-10(7)15-2)9(6-14)12-13-11/h3-5,9,14H,6H2,1-2H3. The first-order valence-corrected chi connectivity index (χ1v) is 4.52. The summed E-state index contributed by atoms with van der Waals surface area (Å²) in [4.78, 5) is 2.69. The molecule has 1 aromatic carbocycles. The van der Waals surface area contributed by atoms with Crippen molar-refractivity contribution in [2.75, 3.05) is 13.7 Å². The van der Waals surface area contributed by atoms with Crippen molar-refractivity contribution < 1.29 is 9.84 Å². The van der Waals surface area contributed by atoms with Crippen LogP contribution in [0.15, 0.2) is 23.3 Å². The highest BCUT2D eigenvalue weighted by Gasteiger charge is 2.09. The van der Waals surface area contributed by atoms with Crippen molar-refractivity contribution in [2.24, 2.45) is 5.11 Å². The van der Waals surface area contributed by atoms with Gasteiger partial charge in [0.2, 0.25) is 0 Å². The molecule has 0 aliphatic carbocycles. The largest absolute Gasteiger partial charge is 0.496 e. The second-order valence-corrected chi connectivity index (χ2v) is 3.13. The molecular formula is C10H13N3O2. The Labute approximate surface area is 87.9 Å². The van der Waals surface area contributed by atoms with Crippen LogP contribution in [-0.4, -0.2) is 18.8 Å². The van der Waals surface area contributed by atoms with Gasteiger partial charge in [-0.1, -0.05) is 17.2 Å². The number of aliphatic hydroxyl groups is 1. The van der Waals surface area contributed by atoms with E-state index in [2.05, 4.69) is 10.0 Å². The third kappa shape index (κ3) is 2.62. The lowest BCUT2D eigenvalue weighted by Gasteiger charge is -2.11. The summed E-state index contributed by atoms with van der Waals surface area (Å²) in [6.45, 7) is 1.71. The predicted molar refractivity (Wildman–Crippen MR) is 56.7 cm³/mol. The normalized spacial score (nSPS) is 11.7. The van der Waals surface area contributed by atoms with Gasteiger partial charge >= 0.3 is 0 Å². The minimum atomic E-state index is -0.551. The summed E-state index contributed by atoms with van der Waals surface area (Å²) in [5, 5.41) is 12.5. The topological polar surface area (TPSA) is 78.2 Å². The fraction of sp³-hybridized carbons (Fsp3) is 0.400. The van der Waals surface area contributed by atoms with Crippen molar-refractivity contribution in [1.29, 1.82) is 0 Å². The van der Waals surface area contributed by atoms with Crippen molar-refractivity contribution in [1.82, 2.24) is 0 Å². The molecule has 5 nitrogen and oxygen atoms in total. The molecule has 0 radical (unpaired) electrons. The zero-order valence-electron chi connectivity index (χ0n) is 8.71. The molecule has 5 heteroatoms. The van der Waals surface area contributed by atoms with E-state index in [4.69, 9.17) is 15.4 Å². The second kappa shape index (κ2) is 5.24. The van der Waals surface area contributed by atoms with E-state index < -0.39 is 6.04 Å². The van der Waals surface area contributed by atoms with E-state index in [-0.39, 0.29) is 6.61 Å². The average molecular weight is 207 g/mol. The van der Waals surface area contributed by atoms with E-state index in [9.17, 15) is 0 Å². The molecule has 80 valence electrons. The van der Waals surface area contributed by atoms with E-state index >= 15 is 0 Å². The molecule has 0 heterocycles. The van der Waals surface area contributed by atoms with Gasteiger partial charge in [-0.25, -0.2) is 0 Å². The van der Waals surface area contributed by atoms with Gasteiger partial charge in [-0.2, -0.15) is 0 Å². The fourth-order valence-corrected chi connectivity index (χ4v) is 1.31. The number of hydrogen-bond donors (Lipinski definition) is 1. The molecule has 0 aliphatic heterocycles. The maximum atomic E-state index is 9.04. The van der Waals surface area contributed by atoms with Crippen molar-refractivity contribution in [2.45, 2.75) is 13.0 Å². The summed E-state index contributed by atoms with van der Waals surface area (Å²) in [6.07, 6.45) is 0. The zero-order chi connectivity index (χ0) is 11.3. The maximum Gasteiger partial charge on any atom is 0.122 e. The SMILES string of the molecule is COc1cc(C(CO)N=[N+]=[N-])ccc1C. The molecule has 0 spiro atoms. The van der Waals surface area contributed by atoms with Crippen LogP contribution < -0.4 is 4.74 Å². The minimum Gasteiger partial charge on any atom is -0.496 e. The summed E-state index contributed by atoms with van der Waals surface area (Å²) >= 11 is 0. The molecule has 0 bridgehead atoms. The number of rotatable bonds is 4. The van der Waals surface area contributed by atoms with E-state index in [0.717, 1.165) is 16.9 Å². The van der Waals surface area contributed by atoms with Crippen LogP contribution in [0.1, 0.15) is 17.2 Å². The Balaban J connectivity index is 3.08. The average Bonchev–Trinajstić information content (AvgIpc) is 2.27. The lowest BCUT2D eigenvalue weighted by Crippen LogP contribution is -2.01. The first kappa shape index (κ1) is 11.4. The molecule has 1 atom stereocenters. The fourth-order valence-electron chi connectivity index (χ4n) is 1.31. The molecule has 15 heavy (non-hydrogen) atoms. The van der Waals surface area contributed by atoms with Gasteiger partial charge in [-0.3, -0.25) is 0 Å². The Bertz CT molecular complexity index is 386. The van der Waals surface area contributed by atoms with Crippen LogP contribution in [0.25, 0.3) is 10.4 Å². The first-order valence-electron chi connectivity index (χ1n) is 4.52. The molecule has 0 aromatic heterocycles. The van der Waals surface area contributed by atoms with Gasteiger partial charge < -0.3 is 9.84 Å². The Morgan fingerprint density at radius 1 is 1.60 bits per heavy atom. The second-order valence-electron chi connectivity index (χ2n) is 3.13. The van der Waals surface area contributed by atoms with Gasteiger partial charge in [0.25, 0.3) is 0 Å². The van der Waals surface area contributed by atoms with Gasteiger partial charge in [0, 0.05) is 4.91 Å². The van der Waals surface area contributed by atoms with Crippen LogP contribution in [0, 0.1) is 6.92 Å². The van der Waals surface area contributed by atoms with Crippen LogP contribution in [0.4, 0.5) is 0 Å².